The molecule has 156 valence electrons. The molecule has 3 aromatic rings. The van der Waals surface area contributed by atoms with E-state index >= 15 is 0 Å². The van der Waals surface area contributed by atoms with Crippen LogP contribution in [0, 0.1) is 5.82 Å². The third-order valence-corrected chi connectivity index (χ3v) is 5.19. The lowest BCUT2D eigenvalue weighted by Crippen LogP contribution is -2.05. The van der Waals surface area contributed by atoms with E-state index in [1.165, 1.54) is 24.8 Å². The van der Waals surface area contributed by atoms with Gasteiger partial charge in [-0.3, -0.25) is 0 Å². The molecule has 0 aliphatic heterocycles. The zero-order valence-electron chi connectivity index (χ0n) is 17.8. The second-order valence-electron chi connectivity index (χ2n) is 7.56. The smallest absolute Gasteiger partial charge is 0.338 e. The molecule has 0 radical (unpaired) electrons. The number of ether oxygens (including phenoxy) is 1. The van der Waals surface area contributed by atoms with Crippen molar-refractivity contribution in [2.75, 3.05) is 6.61 Å². The largest absolute Gasteiger partial charge is 0.462 e. The van der Waals surface area contributed by atoms with Gasteiger partial charge in [0.15, 0.2) is 0 Å². The maximum absolute atomic E-state index is 14.8. The van der Waals surface area contributed by atoms with Crippen LogP contribution in [0.15, 0.2) is 66.7 Å². The molecule has 0 unspecified atom stereocenters. The Bertz CT molecular complexity index is 959. The van der Waals surface area contributed by atoms with Gasteiger partial charge in [-0.05, 0) is 59.7 Å². The Morgan fingerprint density at radius 1 is 0.800 bits per heavy atom. The molecule has 0 amide bonds. The molecule has 3 rings (SSSR count). The Morgan fingerprint density at radius 3 is 2.10 bits per heavy atom. The van der Waals surface area contributed by atoms with Crippen molar-refractivity contribution in [2.24, 2.45) is 0 Å². The number of halogens is 1. The van der Waals surface area contributed by atoms with Gasteiger partial charge >= 0.3 is 5.97 Å². The van der Waals surface area contributed by atoms with Gasteiger partial charge in [0.2, 0.25) is 0 Å². The number of carbonyl (C=O) groups is 1. The van der Waals surface area contributed by atoms with Crippen molar-refractivity contribution in [3.05, 3.63) is 83.7 Å². The van der Waals surface area contributed by atoms with Crippen molar-refractivity contribution >= 4 is 5.97 Å². The van der Waals surface area contributed by atoms with E-state index in [0.29, 0.717) is 17.7 Å². The van der Waals surface area contributed by atoms with E-state index in [1.807, 2.05) is 13.0 Å². The molecule has 0 spiro atoms. The van der Waals surface area contributed by atoms with Gasteiger partial charge in [-0.25, -0.2) is 9.18 Å². The normalized spacial score (nSPS) is 10.8. The molecule has 0 heterocycles. The maximum Gasteiger partial charge on any atom is 0.338 e. The van der Waals surface area contributed by atoms with Gasteiger partial charge in [-0.15, -0.1) is 0 Å². The minimum Gasteiger partial charge on any atom is -0.462 e. The van der Waals surface area contributed by atoms with Crippen LogP contribution >= 0.6 is 0 Å². The third kappa shape index (κ3) is 5.56. The third-order valence-electron chi connectivity index (χ3n) is 5.19. The molecule has 0 N–H and O–H groups in total. The summed E-state index contributed by atoms with van der Waals surface area (Å²) < 4.78 is 20.0. The molecule has 0 fully saturated rings. The average Bonchev–Trinajstić information content (AvgIpc) is 2.78. The van der Waals surface area contributed by atoms with Crippen LogP contribution in [0.3, 0.4) is 0 Å². The summed E-state index contributed by atoms with van der Waals surface area (Å²) in [4.78, 5) is 11.9. The van der Waals surface area contributed by atoms with Crippen molar-refractivity contribution in [3.8, 4) is 22.3 Å². The second kappa shape index (κ2) is 10.7. The first-order valence-electron chi connectivity index (χ1n) is 10.8. The quantitative estimate of drug-likeness (QED) is 0.273. The summed E-state index contributed by atoms with van der Waals surface area (Å²) in [7, 11) is 0. The van der Waals surface area contributed by atoms with Crippen molar-refractivity contribution in [3.63, 3.8) is 0 Å². The molecule has 30 heavy (non-hydrogen) atoms. The number of aryl methyl sites for hydroxylation is 1. The minimum absolute atomic E-state index is 0.277. The highest BCUT2D eigenvalue weighted by Crippen LogP contribution is 2.28. The monoisotopic (exact) mass is 404 g/mol. The number of hydrogen-bond donors (Lipinski definition) is 0. The lowest BCUT2D eigenvalue weighted by molar-refractivity contribution is 0.0505. The number of benzene rings is 3. The van der Waals surface area contributed by atoms with Gasteiger partial charge in [-0.2, -0.15) is 0 Å². The summed E-state index contributed by atoms with van der Waals surface area (Å²) in [6, 6.07) is 20.6. The molecule has 0 saturated carbocycles. The molecule has 2 nitrogen and oxygen atoms in total. The van der Waals surface area contributed by atoms with E-state index in [2.05, 4.69) is 31.2 Å². The van der Waals surface area contributed by atoms with Crippen LogP contribution in [0.2, 0.25) is 0 Å². The highest BCUT2D eigenvalue weighted by Gasteiger charge is 2.10. The van der Waals surface area contributed by atoms with Crippen LogP contribution in [-0.2, 0) is 11.2 Å². The summed E-state index contributed by atoms with van der Waals surface area (Å²) in [5.74, 6) is -0.627. The topological polar surface area (TPSA) is 26.3 Å². The predicted octanol–water partition coefficient (Wildman–Crippen LogP) is 7.46. The van der Waals surface area contributed by atoms with Gasteiger partial charge in [0.05, 0.1) is 12.2 Å². The number of hydrogen-bond acceptors (Lipinski definition) is 2. The summed E-state index contributed by atoms with van der Waals surface area (Å²) >= 11 is 0. The standard InChI is InChI=1S/C27H29FO2/c1-3-5-6-7-20-8-10-21(11-9-20)24-16-17-25(26(28)19-24)22-12-14-23(15-13-22)27(29)30-18-4-2/h8-17,19H,3-7,18H2,1-2H3. The summed E-state index contributed by atoms with van der Waals surface area (Å²) in [6.07, 6.45) is 5.53. The fraction of sp³-hybridized carbons (Fsp3) is 0.296. The Hall–Kier alpha value is -2.94. The molecular formula is C27H29FO2. The first-order chi connectivity index (χ1) is 14.6. The number of rotatable bonds is 9. The number of unbranched alkanes of at least 4 members (excludes halogenated alkanes) is 2. The number of carbonyl (C=O) groups excluding carboxylic acids is 1. The van der Waals surface area contributed by atoms with Crippen LogP contribution in [0.1, 0.15) is 55.5 Å². The first-order valence-corrected chi connectivity index (χ1v) is 10.8. The molecular weight excluding hydrogens is 375 g/mol. The van der Waals surface area contributed by atoms with E-state index in [4.69, 9.17) is 4.74 Å². The fourth-order valence-electron chi connectivity index (χ4n) is 3.44. The molecule has 3 heteroatoms. The molecule has 0 aliphatic rings. The lowest BCUT2D eigenvalue weighted by Gasteiger charge is -2.09. The van der Waals surface area contributed by atoms with E-state index in [-0.39, 0.29) is 11.8 Å². The van der Waals surface area contributed by atoms with Gasteiger partial charge < -0.3 is 4.74 Å². The van der Waals surface area contributed by atoms with Crippen LogP contribution < -0.4 is 0 Å². The Labute approximate surface area is 178 Å². The van der Waals surface area contributed by atoms with Gasteiger partial charge in [0.25, 0.3) is 0 Å². The lowest BCUT2D eigenvalue weighted by atomic mass is 9.97. The van der Waals surface area contributed by atoms with Gasteiger partial charge in [0, 0.05) is 5.56 Å². The summed E-state index contributed by atoms with van der Waals surface area (Å²) in [5, 5.41) is 0. The SMILES string of the molecule is CCCCCc1ccc(-c2ccc(-c3ccc(C(=O)OCCC)cc3)c(F)c2)cc1. The second-order valence-corrected chi connectivity index (χ2v) is 7.56. The highest BCUT2D eigenvalue weighted by atomic mass is 19.1. The minimum atomic E-state index is -0.350. The van der Waals surface area contributed by atoms with Crippen LogP contribution in [-0.4, -0.2) is 12.6 Å². The Kier molecular flexibility index (Phi) is 7.78. The van der Waals surface area contributed by atoms with Crippen molar-refractivity contribution in [1.82, 2.24) is 0 Å². The Morgan fingerprint density at radius 2 is 1.47 bits per heavy atom. The molecule has 0 atom stereocenters. The number of esters is 1. The molecule has 3 aromatic carbocycles. The van der Waals surface area contributed by atoms with Crippen LogP contribution in [0.4, 0.5) is 4.39 Å². The van der Waals surface area contributed by atoms with E-state index < -0.39 is 0 Å². The molecule has 0 aliphatic carbocycles. The fourth-order valence-corrected chi connectivity index (χ4v) is 3.44. The Balaban J connectivity index is 1.73. The first kappa shape index (κ1) is 21.8. The van der Waals surface area contributed by atoms with E-state index in [1.54, 1.807) is 36.4 Å². The zero-order chi connectivity index (χ0) is 21.3. The molecule has 0 aromatic heterocycles. The maximum atomic E-state index is 14.8. The molecule has 0 bridgehead atoms. The average molecular weight is 405 g/mol. The van der Waals surface area contributed by atoms with Gasteiger partial charge in [0.1, 0.15) is 5.82 Å². The van der Waals surface area contributed by atoms with E-state index in [9.17, 15) is 9.18 Å². The zero-order valence-corrected chi connectivity index (χ0v) is 17.8. The van der Waals surface area contributed by atoms with Crippen LogP contribution in [0.5, 0.6) is 0 Å². The molecule has 0 saturated heterocycles. The van der Waals surface area contributed by atoms with Crippen molar-refractivity contribution in [2.45, 2.75) is 46.0 Å². The summed E-state index contributed by atoms with van der Waals surface area (Å²) in [5.41, 5.74) is 4.91. The highest BCUT2D eigenvalue weighted by molar-refractivity contribution is 5.90. The van der Waals surface area contributed by atoms with Gasteiger partial charge in [-0.1, -0.05) is 75.2 Å². The van der Waals surface area contributed by atoms with Crippen molar-refractivity contribution in [1.29, 1.82) is 0 Å². The van der Waals surface area contributed by atoms with Crippen LogP contribution in [0.25, 0.3) is 22.3 Å². The summed E-state index contributed by atoms with van der Waals surface area (Å²) in [6.45, 7) is 4.55. The van der Waals surface area contributed by atoms with Crippen molar-refractivity contribution < 1.29 is 13.9 Å². The van der Waals surface area contributed by atoms with E-state index in [0.717, 1.165) is 29.5 Å². The predicted molar refractivity (Wildman–Crippen MR) is 121 cm³/mol.